The highest BCUT2D eigenvalue weighted by atomic mass is 35.5. The number of methoxy groups -OCH3 is 1. The topological polar surface area (TPSA) is 87.0 Å². The maximum atomic E-state index is 12.8. The fraction of sp³-hybridized carbons (Fsp3) is 0.154. The van der Waals surface area contributed by atoms with Gasteiger partial charge in [0.05, 0.1) is 18.7 Å². The second-order valence-corrected chi connectivity index (χ2v) is 8.19. The number of aromatic carboxylic acids is 1. The maximum Gasteiger partial charge on any atom is 0.355 e. The number of aromatic nitrogens is 1. The van der Waals surface area contributed by atoms with Crippen molar-refractivity contribution in [2.24, 2.45) is 0 Å². The van der Waals surface area contributed by atoms with Gasteiger partial charge in [-0.2, -0.15) is 0 Å². The second-order valence-electron chi connectivity index (χ2n) is 7.75. The molecule has 0 aliphatic heterocycles. The molecule has 34 heavy (non-hydrogen) atoms. The van der Waals surface area contributed by atoms with E-state index in [0.29, 0.717) is 38.9 Å². The van der Waals surface area contributed by atoms with E-state index < -0.39 is 11.9 Å². The lowest BCUT2D eigenvalue weighted by Crippen LogP contribution is -2.14. The van der Waals surface area contributed by atoms with E-state index in [1.807, 2.05) is 13.8 Å². The summed E-state index contributed by atoms with van der Waals surface area (Å²) in [6.07, 6.45) is 0.000388. The van der Waals surface area contributed by atoms with Crippen molar-refractivity contribution in [1.29, 1.82) is 0 Å². The normalized spacial score (nSPS) is 11.0. The van der Waals surface area contributed by atoms with Gasteiger partial charge in [-0.1, -0.05) is 17.7 Å². The molecule has 1 aromatic heterocycles. The zero-order valence-electron chi connectivity index (χ0n) is 18.7. The number of hydrogen-bond acceptors (Lipinski definition) is 5. The molecule has 0 aliphatic carbocycles. The summed E-state index contributed by atoms with van der Waals surface area (Å²) in [5.74, 6) is -0.480. The Balaban J connectivity index is 1.90. The predicted molar refractivity (Wildman–Crippen MR) is 129 cm³/mol. The van der Waals surface area contributed by atoms with Crippen molar-refractivity contribution < 1.29 is 28.9 Å². The number of fused-ring (bicyclic) bond motifs is 1. The van der Waals surface area contributed by atoms with Gasteiger partial charge in [-0.25, -0.2) is 9.59 Å². The zero-order valence-corrected chi connectivity index (χ0v) is 19.5. The second kappa shape index (κ2) is 9.49. The number of carbonyl (C=O) groups excluding carboxylic acids is 1. The van der Waals surface area contributed by atoms with E-state index in [9.17, 15) is 14.7 Å². The molecule has 0 atom stereocenters. The SMILES string of the molecule is COC(=O)c1c(C(=O)O)c2cc(Oc3cccc(Cl)c3)ccc2n1-c1ccc(OC(C)C)cc1. The van der Waals surface area contributed by atoms with Crippen LogP contribution in [0.2, 0.25) is 5.02 Å². The molecule has 0 fully saturated rings. The molecule has 0 aliphatic rings. The molecule has 0 saturated carbocycles. The monoisotopic (exact) mass is 479 g/mol. The van der Waals surface area contributed by atoms with Gasteiger partial charge in [0.2, 0.25) is 0 Å². The lowest BCUT2D eigenvalue weighted by atomic mass is 10.1. The van der Waals surface area contributed by atoms with Crippen LogP contribution in [0.1, 0.15) is 34.7 Å². The molecule has 1 heterocycles. The van der Waals surface area contributed by atoms with Crippen LogP contribution in [0, 0.1) is 0 Å². The van der Waals surface area contributed by atoms with Crippen LogP contribution in [-0.2, 0) is 4.74 Å². The van der Waals surface area contributed by atoms with Crippen LogP contribution in [0.4, 0.5) is 0 Å². The summed E-state index contributed by atoms with van der Waals surface area (Å²) in [5.41, 5.74) is 0.814. The molecule has 0 radical (unpaired) electrons. The Morgan fingerprint density at radius 3 is 2.24 bits per heavy atom. The average molecular weight is 480 g/mol. The van der Waals surface area contributed by atoms with Crippen molar-refractivity contribution in [2.45, 2.75) is 20.0 Å². The molecule has 1 N–H and O–H groups in total. The van der Waals surface area contributed by atoms with Gasteiger partial charge >= 0.3 is 11.9 Å². The number of esters is 1. The van der Waals surface area contributed by atoms with E-state index in [-0.39, 0.29) is 17.4 Å². The number of rotatable bonds is 7. The van der Waals surface area contributed by atoms with E-state index in [1.165, 1.54) is 7.11 Å². The zero-order chi connectivity index (χ0) is 24.4. The number of nitrogens with zero attached hydrogens (tertiary/aromatic N) is 1. The standard InChI is InChI=1S/C26H22ClNO6/c1-15(2)33-18-9-7-17(8-10-18)28-22-12-11-20(34-19-6-4-5-16(27)13-19)14-21(22)23(25(29)30)24(28)26(31)32-3/h4-15H,1-3H3,(H,29,30). The highest BCUT2D eigenvalue weighted by molar-refractivity contribution is 6.30. The lowest BCUT2D eigenvalue weighted by molar-refractivity contribution is 0.0575. The predicted octanol–water partition coefficient (Wildman–Crippen LogP) is 6.35. The van der Waals surface area contributed by atoms with Gasteiger partial charge in [0.15, 0.2) is 0 Å². The number of halogens is 1. The van der Waals surface area contributed by atoms with Crippen molar-refractivity contribution in [3.63, 3.8) is 0 Å². The Labute approximate surface area is 201 Å². The molecule has 174 valence electrons. The minimum atomic E-state index is -1.26. The Bertz CT molecular complexity index is 1370. The number of benzene rings is 3. The molecule has 3 aromatic carbocycles. The first kappa shape index (κ1) is 23.2. The molecule has 0 spiro atoms. The number of carboxylic acid groups (broad SMARTS) is 1. The Morgan fingerprint density at radius 2 is 1.62 bits per heavy atom. The third-order valence-corrected chi connectivity index (χ3v) is 5.26. The first-order chi connectivity index (χ1) is 16.3. The Morgan fingerprint density at radius 1 is 0.941 bits per heavy atom. The highest BCUT2D eigenvalue weighted by Crippen LogP contribution is 2.35. The molecule has 0 amide bonds. The molecule has 4 aromatic rings. The molecule has 7 nitrogen and oxygen atoms in total. The lowest BCUT2D eigenvalue weighted by Gasteiger charge is -2.13. The van der Waals surface area contributed by atoms with Gasteiger partial charge in [-0.15, -0.1) is 0 Å². The summed E-state index contributed by atoms with van der Waals surface area (Å²) in [4.78, 5) is 25.0. The summed E-state index contributed by atoms with van der Waals surface area (Å²) in [5, 5.41) is 10.9. The van der Waals surface area contributed by atoms with Crippen molar-refractivity contribution in [3.05, 3.63) is 83.0 Å². The Hall–Kier alpha value is -3.97. The van der Waals surface area contributed by atoms with Gasteiger partial charge in [-0.3, -0.25) is 0 Å². The number of hydrogen-bond donors (Lipinski definition) is 1. The van der Waals surface area contributed by atoms with Crippen LogP contribution in [0.15, 0.2) is 66.7 Å². The van der Waals surface area contributed by atoms with Crippen molar-refractivity contribution in [2.75, 3.05) is 7.11 Å². The molecule has 4 rings (SSSR count). The van der Waals surface area contributed by atoms with Crippen LogP contribution in [0.3, 0.4) is 0 Å². The van der Waals surface area contributed by atoms with E-state index in [0.717, 1.165) is 0 Å². The van der Waals surface area contributed by atoms with Gasteiger partial charge in [-0.05, 0) is 74.5 Å². The van der Waals surface area contributed by atoms with E-state index >= 15 is 0 Å². The van der Waals surface area contributed by atoms with Gasteiger partial charge in [0.25, 0.3) is 0 Å². The van der Waals surface area contributed by atoms with E-state index in [1.54, 1.807) is 71.3 Å². The molecule has 8 heteroatoms. The van der Waals surface area contributed by atoms with Gasteiger partial charge < -0.3 is 23.9 Å². The minimum absolute atomic E-state index is 0.000388. The van der Waals surface area contributed by atoms with Crippen molar-refractivity contribution in [1.82, 2.24) is 4.57 Å². The number of ether oxygens (including phenoxy) is 3. The van der Waals surface area contributed by atoms with Crippen LogP contribution < -0.4 is 9.47 Å². The summed E-state index contributed by atoms with van der Waals surface area (Å²) in [6.45, 7) is 3.84. The largest absolute Gasteiger partial charge is 0.491 e. The smallest absolute Gasteiger partial charge is 0.355 e. The van der Waals surface area contributed by atoms with Crippen LogP contribution in [0.25, 0.3) is 16.6 Å². The quantitative estimate of drug-likeness (QED) is 0.311. The van der Waals surface area contributed by atoms with Crippen molar-refractivity contribution >= 4 is 34.4 Å². The average Bonchev–Trinajstić information content (AvgIpc) is 3.13. The third-order valence-electron chi connectivity index (χ3n) is 5.03. The first-order valence-corrected chi connectivity index (χ1v) is 10.9. The fourth-order valence-electron chi connectivity index (χ4n) is 3.72. The molecular formula is C26H22ClNO6. The Kier molecular flexibility index (Phi) is 6.47. The number of carbonyl (C=O) groups is 2. The molecule has 0 bridgehead atoms. The first-order valence-electron chi connectivity index (χ1n) is 10.5. The highest BCUT2D eigenvalue weighted by Gasteiger charge is 2.29. The summed E-state index contributed by atoms with van der Waals surface area (Å²) in [7, 11) is 1.21. The van der Waals surface area contributed by atoms with Crippen LogP contribution >= 0.6 is 11.6 Å². The minimum Gasteiger partial charge on any atom is -0.491 e. The molecule has 0 saturated heterocycles. The van der Waals surface area contributed by atoms with Crippen LogP contribution in [-0.4, -0.2) is 34.8 Å². The van der Waals surface area contributed by atoms with Crippen LogP contribution in [0.5, 0.6) is 17.2 Å². The summed E-state index contributed by atoms with van der Waals surface area (Å²) in [6, 6.07) is 18.9. The van der Waals surface area contributed by atoms with Gasteiger partial charge in [0.1, 0.15) is 28.5 Å². The molecular weight excluding hydrogens is 458 g/mol. The van der Waals surface area contributed by atoms with Gasteiger partial charge in [0, 0.05) is 16.1 Å². The van der Waals surface area contributed by atoms with E-state index in [4.69, 9.17) is 25.8 Å². The van der Waals surface area contributed by atoms with Crippen molar-refractivity contribution in [3.8, 4) is 22.9 Å². The molecule has 0 unspecified atom stereocenters. The number of carboxylic acids is 1. The fourth-order valence-corrected chi connectivity index (χ4v) is 3.90. The third kappa shape index (κ3) is 4.56. The summed E-state index contributed by atoms with van der Waals surface area (Å²) >= 11 is 6.03. The summed E-state index contributed by atoms with van der Waals surface area (Å²) < 4.78 is 18.1. The van der Waals surface area contributed by atoms with E-state index in [2.05, 4.69) is 0 Å². The maximum absolute atomic E-state index is 12.8.